The van der Waals surface area contributed by atoms with Gasteiger partial charge in [0, 0.05) is 6.54 Å². The van der Waals surface area contributed by atoms with E-state index in [9.17, 15) is 0 Å². The van der Waals surface area contributed by atoms with Gasteiger partial charge >= 0.3 is 0 Å². The first kappa shape index (κ1) is 16.0. The summed E-state index contributed by atoms with van der Waals surface area (Å²) >= 11 is 0. The first-order valence-corrected chi connectivity index (χ1v) is 8.24. The molecule has 108 valence electrons. The molecule has 1 aliphatic carbocycles. The average Bonchev–Trinajstić information content (AvgIpc) is 2.86. The summed E-state index contributed by atoms with van der Waals surface area (Å²) in [5.41, 5.74) is 3.39. The lowest BCUT2D eigenvalue weighted by Gasteiger charge is -2.27. The third-order valence-corrected chi connectivity index (χ3v) is 4.33. The molecule has 0 aromatic heterocycles. The Kier molecular flexibility index (Phi) is 8.70. The third kappa shape index (κ3) is 6.19. The Morgan fingerprint density at radius 3 is 2.11 bits per heavy atom. The Morgan fingerprint density at radius 2 is 1.50 bits per heavy atom. The second-order valence-electron chi connectivity index (χ2n) is 5.86. The summed E-state index contributed by atoms with van der Waals surface area (Å²) in [6, 6.07) is 0. The first-order chi connectivity index (χ1) is 8.83. The van der Waals surface area contributed by atoms with Crippen LogP contribution < -0.4 is 5.48 Å². The molecule has 1 N–H and O–H groups in total. The smallest absolute Gasteiger partial charge is 0.0894 e. The van der Waals surface area contributed by atoms with Crippen LogP contribution in [0.25, 0.3) is 0 Å². The molecular formula is C16H33NO. The highest BCUT2D eigenvalue weighted by molar-refractivity contribution is 4.84. The fourth-order valence-electron chi connectivity index (χ4n) is 2.91. The average molecular weight is 255 g/mol. The number of rotatable bonds is 11. The van der Waals surface area contributed by atoms with Crippen molar-refractivity contribution in [1.82, 2.24) is 5.48 Å². The largest absolute Gasteiger partial charge is 0.295 e. The van der Waals surface area contributed by atoms with Gasteiger partial charge in [0.1, 0.15) is 0 Å². The van der Waals surface area contributed by atoms with Crippen LogP contribution in [0.1, 0.15) is 90.9 Å². The van der Waals surface area contributed by atoms with Crippen LogP contribution in [-0.4, -0.2) is 12.1 Å². The van der Waals surface area contributed by atoms with Crippen molar-refractivity contribution in [2.24, 2.45) is 0 Å². The molecule has 1 saturated carbocycles. The van der Waals surface area contributed by atoms with Crippen molar-refractivity contribution in [3.8, 4) is 0 Å². The molecule has 0 atom stereocenters. The molecular weight excluding hydrogens is 222 g/mol. The zero-order valence-corrected chi connectivity index (χ0v) is 12.6. The minimum absolute atomic E-state index is 0.168. The minimum atomic E-state index is 0.168. The van der Waals surface area contributed by atoms with E-state index in [0.29, 0.717) is 0 Å². The summed E-state index contributed by atoms with van der Waals surface area (Å²) < 4.78 is 0. The monoisotopic (exact) mass is 255 g/mol. The van der Waals surface area contributed by atoms with E-state index in [4.69, 9.17) is 4.84 Å². The molecule has 0 aromatic carbocycles. The Bertz CT molecular complexity index is 188. The maximum Gasteiger partial charge on any atom is 0.0894 e. The van der Waals surface area contributed by atoms with Crippen molar-refractivity contribution >= 4 is 0 Å². The van der Waals surface area contributed by atoms with E-state index in [2.05, 4.69) is 19.3 Å². The molecule has 18 heavy (non-hydrogen) atoms. The molecule has 0 saturated heterocycles. The second-order valence-corrected chi connectivity index (χ2v) is 5.86. The lowest BCUT2D eigenvalue weighted by atomic mass is 9.99. The molecule has 0 aromatic rings. The van der Waals surface area contributed by atoms with Gasteiger partial charge in [-0.2, -0.15) is 0 Å². The Hall–Kier alpha value is -0.0800. The summed E-state index contributed by atoms with van der Waals surface area (Å²) in [5.74, 6) is 0. The SMILES string of the molecule is CCCCCCCCCNOC1(CC)CCCC1. The third-order valence-electron chi connectivity index (χ3n) is 4.33. The molecule has 0 bridgehead atoms. The molecule has 2 heteroatoms. The van der Waals surface area contributed by atoms with Crippen molar-refractivity contribution < 1.29 is 4.84 Å². The maximum atomic E-state index is 5.93. The Balaban J connectivity index is 1.89. The van der Waals surface area contributed by atoms with E-state index < -0.39 is 0 Å². The molecule has 0 aliphatic heterocycles. The molecule has 1 rings (SSSR count). The number of unbranched alkanes of at least 4 members (excludes halogenated alkanes) is 6. The van der Waals surface area contributed by atoms with Crippen molar-refractivity contribution in [3.05, 3.63) is 0 Å². The van der Waals surface area contributed by atoms with Crippen molar-refractivity contribution in [2.45, 2.75) is 96.5 Å². The van der Waals surface area contributed by atoms with Crippen LogP contribution in [0.2, 0.25) is 0 Å². The van der Waals surface area contributed by atoms with Gasteiger partial charge in [-0.1, -0.05) is 65.2 Å². The summed E-state index contributed by atoms with van der Waals surface area (Å²) in [6.07, 6.45) is 15.9. The van der Waals surface area contributed by atoms with Gasteiger partial charge in [0.15, 0.2) is 0 Å². The topological polar surface area (TPSA) is 21.3 Å². The van der Waals surface area contributed by atoms with Gasteiger partial charge in [-0.15, -0.1) is 0 Å². The quantitative estimate of drug-likeness (QED) is 0.415. The van der Waals surface area contributed by atoms with E-state index in [1.165, 1.54) is 70.6 Å². The van der Waals surface area contributed by atoms with Crippen molar-refractivity contribution in [2.75, 3.05) is 6.54 Å². The number of hydrogen-bond donors (Lipinski definition) is 1. The number of nitrogens with one attached hydrogen (secondary N) is 1. The van der Waals surface area contributed by atoms with E-state index in [-0.39, 0.29) is 5.60 Å². The summed E-state index contributed by atoms with van der Waals surface area (Å²) in [4.78, 5) is 5.93. The van der Waals surface area contributed by atoms with E-state index in [1.807, 2.05) is 0 Å². The molecule has 1 fully saturated rings. The Morgan fingerprint density at radius 1 is 0.889 bits per heavy atom. The van der Waals surface area contributed by atoms with Gasteiger partial charge in [0.2, 0.25) is 0 Å². The molecule has 2 nitrogen and oxygen atoms in total. The number of hydrogen-bond acceptors (Lipinski definition) is 2. The second kappa shape index (κ2) is 9.80. The van der Waals surface area contributed by atoms with Gasteiger partial charge in [-0.05, 0) is 25.7 Å². The summed E-state index contributed by atoms with van der Waals surface area (Å²) in [7, 11) is 0. The molecule has 0 heterocycles. The van der Waals surface area contributed by atoms with Crippen LogP contribution in [0.4, 0.5) is 0 Å². The lowest BCUT2D eigenvalue weighted by molar-refractivity contribution is -0.105. The molecule has 0 spiro atoms. The van der Waals surface area contributed by atoms with Gasteiger partial charge in [-0.25, -0.2) is 5.48 Å². The van der Waals surface area contributed by atoms with Crippen LogP contribution in [0, 0.1) is 0 Å². The van der Waals surface area contributed by atoms with Crippen LogP contribution in [-0.2, 0) is 4.84 Å². The zero-order chi connectivity index (χ0) is 13.1. The van der Waals surface area contributed by atoms with E-state index in [1.54, 1.807) is 0 Å². The predicted octanol–water partition coefficient (Wildman–Crippen LogP) is 4.98. The van der Waals surface area contributed by atoms with Crippen molar-refractivity contribution in [1.29, 1.82) is 0 Å². The van der Waals surface area contributed by atoms with Crippen LogP contribution in [0.5, 0.6) is 0 Å². The normalized spacial score (nSPS) is 18.3. The summed E-state index contributed by atoms with van der Waals surface area (Å²) in [5, 5.41) is 0. The Labute approximate surface area is 114 Å². The minimum Gasteiger partial charge on any atom is -0.295 e. The van der Waals surface area contributed by atoms with Crippen LogP contribution in [0.15, 0.2) is 0 Å². The van der Waals surface area contributed by atoms with Crippen molar-refractivity contribution in [3.63, 3.8) is 0 Å². The van der Waals surface area contributed by atoms with E-state index in [0.717, 1.165) is 13.0 Å². The molecule has 0 amide bonds. The molecule has 0 radical (unpaired) electrons. The fraction of sp³-hybridized carbons (Fsp3) is 1.00. The molecule has 0 unspecified atom stereocenters. The zero-order valence-electron chi connectivity index (χ0n) is 12.6. The predicted molar refractivity (Wildman–Crippen MR) is 78.6 cm³/mol. The lowest BCUT2D eigenvalue weighted by Crippen LogP contribution is -2.35. The van der Waals surface area contributed by atoms with Gasteiger partial charge in [0.25, 0.3) is 0 Å². The highest BCUT2D eigenvalue weighted by atomic mass is 16.7. The first-order valence-electron chi connectivity index (χ1n) is 8.24. The highest BCUT2D eigenvalue weighted by Crippen LogP contribution is 2.34. The van der Waals surface area contributed by atoms with Crippen LogP contribution in [0.3, 0.4) is 0 Å². The molecule has 1 aliphatic rings. The van der Waals surface area contributed by atoms with E-state index >= 15 is 0 Å². The fourth-order valence-corrected chi connectivity index (χ4v) is 2.91. The maximum absolute atomic E-state index is 5.93. The number of hydroxylamine groups is 1. The van der Waals surface area contributed by atoms with Crippen LogP contribution >= 0.6 is 0 Å². The highest BCUT2D eigenvalue weighted by Gasteiger charge is 2.33. The van der Waals surface area contributed by atoms with Gasteiger partial charge < -0.3 is 0 Å². The summed E-state index contributed by atoms with van der Waals surface area (Å²) in [6.45, 7) is 5.55. The van der Waals surface area contributed by atoms with Gasteiger partial charge in [-0.3, -0.25) is 4.84 Å². The standard InChI is InChI=1S/C16H33NO/c1-3-5-6-7-8-9-12-15-17-18-16(4-2)13-10-11-14-16/h17H,3-15H2,1-2H3. The van der Waals surface area contributed by atoms with Gasteiger partial charge in [0.05, 0.1) is 5.60 Å².